The van der Waals surface area contributed by atoms with E-state index in [0.29, 0.717) is 23.0 Å². The van der Waals surface area contributed by atoms with Crippen LogP contribution in [0.15, 0.2) is 146 Å². The van der Waals surface area contributed by atoms with E-state index in [1.54, 1.807) is 48.5 Å². The molecule has 4 unspecified atom stereocenters. The van der Waals surface area contributed by atoms with Crippen LogP contribution < -0.4 is 18.9 Å². The quantitative estimate of drug-likeness (QED) is 0.0275. The first-order valence-corrected chi connectivity index (χ1v) is 22.2. The van der Waals surface area contributed by atoms with E-state index in [2.05, 4.69) is 26.3 Å². The zero-order chi connectivity index (χ0) is 51.3. The molecule has 0 aliphatic heterocycles. The first kappa shape index (κ1) is 55.4. The van der Waals surface area contributed by atoms with Crippen LogP contribution in [0.4, 0.5) is 0 Å². The molecule has 16 heteroatoms. The highest BCUT2D eigenvalue weighted by Gasteiger charge is 2.29. The number of aliphatic hydroxyl groups is 4. The third-order valence-corrected chi connectivity index (χ3v) is 10.1. The van der Waals surface area contributed by atoms with Gasteiger partial charge in [-0.3, -0.25) is 0 Å². The van der Waals surface area contributed by atoms with Gasteiger partial charge >= 0.3 is 23.9 Å². The molecule has 0 spiro atoms. The predicted octanol–water partition coefficient (Wildman–Crippen LogP) is 6.09. The summed E-state index contributed by atoms with van der Waals surface area (Å²) < 4.78 is 43.7. The molecule has 0 heterocycles. The van der Waals surface area contributed by atoms with E-state index >= 15 is 0 Å². The van der Waals surface area contributed by atoms with E-state index in [4.69, 9.17) is 37.9 Å². The van der Waals surface area contributed by atoms with Gasteiger partial charge in [0.2, 0.25) is 0 Å². The Morgan fingerprint density at radius 3 is 0.671 bits per heavy atom. The lowest BCUT2D eigenvalue weighted by Crippen LogP contribution is -2.25. The summed E-state index contributed by atoms with van der Waals surface area (Å²) in [5.74, 6) is -1.57. The van der Waals surface area contributed by atoms with Crippen LogP contribution in [0.2, 0.25) is 0 Å². The van der Waals surface area contributed by atoms with Crippen molar-refractivity contribution >= 4 is 23.9 Å². The highest BCUT2D eigenvalue weighted by Crippen LogP contribution is 2.44. The Balaban J connectivity index is 1.69. The number of benzene rings is 4. The van der Waals surface area contributed by atoms with Gasteiger partial charge in [0.05, 0.1) is 0 Å². The van der Waals surface area contributed by atoms with E-state index in [1.807, 2.05) is 48.5 Å². The molecule has 374 valence electrons. The Morgan fingerprint density at radius 2 is 0.514 bits per heavy atom. The van der Waals surface area contributed by atoms with E-state index in [0.717, 1.165) is 22.3 Å². The standard InChI is InChI=1S/C54H62O16/c1-33(2)51(59)67-29-41(55)25-63-45-17-9-37(10-18-45)49(38-11-19-46(20-12-38)64-26-42(56)30-68-52(60)34(3)4)50(39-13-21-47(22-14-39)65-27-43(57)31-69-53(61)35(5)6)40-15-23-48(24-16-40)66-28-44(58)32-70-54(62)36(7)8/h9-24,41-44,49-50,55-58H,1,3,5,7,25-32H2,2,4,6,8H3. The van der Waals surface area contributed by atoms with Crippen LogP contribution in [0, 0.1) is 0 Å². The van der Waals surface area contributed by atoms with Crippen LogP contribution >= 0.6 is 0 Å². The largest absolute Gasteiger partial charge is 0.491 e. The molecule has 0 fully saturated rings. The summed E-state index contributed by atoms with van der Waals surface area (Å²) in [5.41, 5.74) is 4.20. The maximum absolute atomic E-state index is 11.8. The molecule has 0 aliphatic rings. The maximum atomic E-state index is 11.8. The predicted molar refractivity (Wildman–Crippen MR) is 259 cm³/mol. The third kappa shape index (κ3) is 18.3. The van der Waals surface area contributed by atoms with Crippen LogP contribution in [0.25, 0.3) is 0 Å². The Kier molecular flexibility index (Phi) is 21.9. The molecule has 0 bridgehead atoms. The van der Waals surface area contributed by atoms with Gasteiger partial charge in [-0.15, -0.1) is 0 Å². The average molecular weight is 967 g/mol. The lowest BCUT2D eigenvalue weighted by Gasteiger charge is -2.30. The summed E-state index contributed by atoms with van der Waals surface area (Å²) in [7, 11) is 0. The molecule has 4 atom stereocenters. The third-order valence-electron chi connectivity index (χ3n) is 10.1. The van der Waals surface area contributed by atoms with Crippen molar-refractivity contribution in [3.63, 3.8) is 0 Å². The summed E-state index contributed by atoms with van der Waals surface area (Å²) >= 11 is 0. The summed E-state index contributed by atoms with van der Waals surface area (Å²) in [6, 6.07) is 29.3. The second kappa shape index (κ2) is 27.7. The van der Waals surface area contributed by atoms with E-state index in [9.17, 15) is 39.6 Å². The SMILES string of the molecule is C=C(C)C(=O)OCC(O)COc1ccc(C(c2ccc(OCC(O)COC(=O)C(=C)C)cc2)C(c2ccc(OCC(O)COC(=O)C(=C)C)cc2)c2ccc(OCC(O)COC(=O)C(=C)C)cc2)cc1. The Bertz CT molecular complexity index is 2050. The molecule has 4 aromatic rings. The Morgan fingerprint density at radius 1 is 0.343 bits per heavy atom. The van der Waals surface area contributed by atoms with E-state index < -0.39 is 60.1 Å². The van der Waals surface area contributed by atoms with Gasteiger partial charge in [-0.1, -0.05) is 74.8 Å². The maximum Gasteiger partial charge on any atom is 0.333 e. The molecular weight excluding hydrogens is 905 g/mol. The van der Waals surface area contributed by atoms with Crippen molar-refractivity contribution in [1.82, 2.24) is 0 Å². The van der Waals surface area contributed by atoms with Crippen LogP contribution in [0.3, 0.4) is 0 Å². The number of carbonyl (C=O) groups is 4. The number of hydrogen-bond acceptors (Lipinski definition) is 16. The Labute approximate surface area is 408 Å². The second-order valence-electron chi connectivity index (χ2n) is 16.6. The van der Waals surface area contributed by atoms with Crippen LogP contribution in [-0.2, 0) is 38.1 Å². The van der Waals surface area contributed by atoms with E-state index in [-0.39, 0.29) is 75.1 Å². The number of rotatable bonds is 29. The molecule has 0 saturated carbocycles. The zero-order valence-corrected chi connectivity index (χ0v) is 39.9. The molecule has 0 radical (unpaired) electrons. The van der Waals surface area contributed by atoms with Gasteiger partial charge in [-0.2, -0.15) is 0 Å². The van der Waals surface area contributed by atoms with Crippen LogP contribution in [0.1, 0.15) is 61.8 Å². The average Bonchev–Trinajstić information content (AvgIpc) is 3.35. The molecule has 0 aliphatic carbocycles. The molecule has 70 heavy (non-hydrogen) atoms. The summed E-state index contributed by atoms with van der Waals surface area (Å²) in [6.07, 6.45) is -4.40. The summed E-state index contributed by atoms with van der Waals surface area (Å²) in [4.78, 5) is 47.3. The lowest BCUT2D eigenvalue weighted by molar-refractivity contribution is -0.143. The van der Waals surface area contributed by atoms with Gasteiger partial charge < -0.3 is 58.3 Å². The monoisotopic (exact) mass is 966 g/mol. The number of esters is 4. The fourth-order valence-corrected chi connectivity index (χ4v) is 6.38. The van der Waals surface area contributed by atoms with E-state index in [1.165, 1.54) is 27.7 Å². The minimum Gasteiger partial charge on any atom is -0.491 e. The minimum atomic E-state index is -1.10. The summed E-state index contributed by atoms with van der Waals surface area (Å²) in [6.45, 7) is 18.5. The first-order chi connectivity index (χ1) is 33.3. The van der Waals surface area contributed by atoms with Crippen LogP contribution in [-0.4, -0.2) is 122 Å². The molecule has 0 amide bonds. The van der Waals surface area contributed by atoms with Crippen molar-refractivity contribution in [2.45, 2.75) is 63.9 Å². The first-order valence-electron chi connectivity index (χ1n) is 22.2. The van der Waals surface area contributed by atoms with Crippen molar-refractivity contribution in [3.05, 3.63) is 168 Å². The normalized spacial score (nSPS) is 13.4. The lowest BCUT2D eigenvalue weighted by atomic mass is 9.73. The summed E-state index contributed by atoms with van der Waals surface area (Å²) in [5, 5.41) is 41.8. The number of ether oxygens (including phenoxy) is 8. The topological polar surface area (TPSA) is 223 Å². The second-order valence-corrected chi connectivity index (χ2v) is 16.6. The highest BCUT2D eigenvalue weighted by molar-refractivity contribution is 5.88. The fraction of sp³-hybridized carbons (Fsp3) is 0.333. The number of carbonyl (C=O) groups excluding carboxylic acids is 4. The van der Waals surface area contributed by atoms with Gasteiger partial charge in [0.1, 0.15) is 100 Å². The molecular formula is C54H62O16. The van der Waals surface area contributed by atoms with Gasteiger partial charge in [0, 0.05) is 34.1 Å². The molecule has 4 rings (SSSR count). The van der Waals surface area contributed by atoms with Gasteiger partial charge in [-0.05, 0) is 98.5 Å². The van der Waals surface area contributed by atoms with Gasteiger partial charge in [0.15, 0.2) is 0 Å². The molecule has 16 nitrogen and oxygen atoms in total. The van der Waals surface area contributed by atoms with Gasteiger partial charge in [-0.25, -0.2) is 19.2 Å². The number of hydrogen-bond donors (Lipinski definition) is 4. The highest BCUT2D eigenvalue weighted by atomic mass is 16.6. The van der Waals surface area contributed by atoms with Crippen molar-refractivity contribution in [1.29, 1.82) is 0 Å². The van der Waals surface area contributed by atoms with Crippen molar-refractivity contribution in [3.8, 4) is 23.0 Å². The van der Waals surface area contributed by atoms with Crippen LogP contribution in [0.5, 0.6) is 23.0 Å². The molecule has 4 N–H and O–H groups in total. The molecule has 0 aromatic heterocycles. The molecule has 4 aromatic carbocycles. The zero-order valence-electron chi connectivity index (χ0n) is 39.9. The minimum absolute atomic E-state index is 0.155. The van der Waals surface area contributed by atoms with Crippen molar-refractivity contribution in [2.24, 2.45) is 0 Å². The molecule has 0 saturated heterocycles. The van der Waals surface area contributed by atoms with Crippen molar-refractivity contribution < 1.29 is 77.5 Å². The smallest absolute Gasteiger partial charge is 0.333 e. The van der Waals surface area contributed by atoms with Crippen molar-refractivity contribution in [2.75, 3.05) is 52.9 Å². The van der Waals surface area contributed by atoms with Gasteiger partial charge in [0.25, 0.3) is 0 Å². The Hall–Kier alpha value is -7.24. The fourth-order valence-electron chi connectivity index (χ4n) is 6.38. The number of aliphatic hydroxyl groups excluding tert-OH is 4.